The number of hydrogen-bond donors (Lipinski definition) is 1. The lowest BCUT2D eigenvalue weighted by atomic mass is 10.2. The Bertz CT molecular complexity index is 555. The zero-order valence-corrected chi connectivity index (χ0v) is 9.76. The zero-order chi connectivity index (χ0) is 13.2. The van der Waals surface area contributed by atoms with Gasteiger partial charge in [0.2, 0.25) is 0 Å². The summed E-state index contributed by atoms with van der Waals surface area (Å²) in [4.78, 5) is 0. The van der Waals surface area contributed by atoms with E-state index in [4.69, 9.17) is 11.6 Å². The number of nitrogens with zero attached hydrogens (tertiary/aromatic N) is 1. The Labute approximate surface area is 106 Å². The van der Waals surface area contributed by atoms with Crippen LogP contribution in [-0.2, 0) is 6.18 Å². The summed E-state index contributed by atoms with van der Waals surface area (Å²) < 4.78 is 36.9. The van der Waals surface area contributed by atoms with E-state index in [1.165, 1.54) is 6.08 Å². The van der Waals surface area contributed by atoms with E-state index in [0.29, 0.717) is 5.02 Å². The second kappa shape index (κ2) is 4.86. The quantitative estimate of drug-likeness (QED) is 0.870. The van der Waals surface area contributed by atoms with Crippen molar-refractivity contribution in [2.75, 3.05) is 0 Å². The second-order valence-electron chi connectivity index (χ2n) is 3.59. The van der Waals surface area contributed by atoms with Gasteiger partial charge in [-0.05, 0) is 29.8 Å². The highest BCUT2D eigenvalue weighted by Gasteiger charge is 2.32. The molecule has 0 bridgehead atoms. The Balaban J connectivity index is 2.14. The third-order valence-electron chi connectivity index (χ3n) is 2.22. The molecule has 0 spiro atoms. The minimum absolute atomic E-state index is 0.220. The first kappa shape index (κ1) is 12.7. The van der Waals surface area contributed by atoms with Gasteiger partial charge in [-0.2, -0.15) is 18.3 Å². The highest BCUT2D eigenvalue weighted by molar-refractivity contribution is 6.30. The molecule has 0 saturated carbocycles. The predicted molar refractivity (Wildman–Crippen MR) is 64.0 cm³/mol. The third-order valence-corrected chi connectivity index (χ3v) is 2.47. The van der Waals surface area contributed by atoms with E-state index in [1.54, 1.807) is 30.3 Å². The molecule has 18 heavy (non-hydrogen) atoms. The molecular weight excluding hydrogens is 265 g/mol. The van der Waals surface area contributed by atoms with Crippen LogP contribution in [0.4, 0.5) is 13.2 Å². The van der Waals surface area contributed by atoms with E-state index in [-0.39, 0.29) is 5.69 Å². The van der Waals surface area contributed by atoms with Crippen LogP contribution in [0.15, 0.2) is 30.3 Å². The molecule has 6 heteroatoms. The smallest absolute Gasteiger partial charge is 0.273 e. The van der Waals surface area contributed by atoms with E-state index in [9.17, 15) is 13.2 Å². The summed E-state index contributed by atoms with van der Waals surface area (Å²) in [5.41, 5.74) is 0.187. The number of aromatic amines is 1. The van der Waals surface area contributed by atoms with Gasteiger partial charge in [-0.15, -0.1) is 0 Å². The van der Waals surface area contributed by atoms with Crippen LogP contribution >= 0.6 is 11.6 Å². The molecule has 1 aromatic carbocycles. The fourth-order valence-corrected chi connectivity index (χ4v) is 1.45. The van der Waals surface area contributed by atoms with Crippen molar-refractivity contribution in [2.24, 2.45) is 0 Å². The first-order chi connectivity index (χ1) is 8.45. The number of halogens is 4. The average Bonchev–Trinajstić information content (AvgIpc) is 2.77. The van der Waals surface area contributed by atoms with Gasteiger partial charge in [0, 0.05) is 5.02 Å². The maximum absolute atomic E-state index is 12.3. The molecule has 2 aromatic rings. The number of rotatable bonds is 2. The lowest BCUT2D eigenvalue weighted by Gasteiger charge is -1.99. The van der Waals surface area contributed by atoms with Gasteiger partial charge >= 0.3 is 6.18 Å². The van der Waals surface area contributed by atoms with Crippen LogP contribution in [0.25, 0.3) is 12.2 Å². The Morgan fingerprint density at radius 1 is 1.11 bits per heavy atom. The molecule has 0 unspecified atom stereocenters. The van der Waals surface area contributed by atoms with Crippen molar-refractivity contribution < 1.29 is 13.2 Å². The first-order valence-electron chi connectivity index (χ1n) is 5.01. The van der Waals surface area contributed by atoms with Gasteiger partial charge in [-0.25, -0.2) is 0 Å². The van der Waals surface area contributed by atoms with E-state index < -0.39 is 11.9 Å². The number of alkyl halides is 3. The highest BCUT2D eigenvalue weighted by atomic mass is 35.5. The highest BCUT2D eigenvalue weighted by Crippen LogP contribution is 2.27. The van der Waals surface area contributed by atoms with Crippen LogP contribution in [0.3, 0.4) is 0 Å². The molecule has 0 radical (unpaired) electrons. The van der Waals surface area contributed by atoms with Crippen molar-refractivity contribution in [3.8, 4) is 0 Å². The van der Waals surface area contributed by atoms with Crippen molar-refractivity contribution in [3.05, 3.63) is 52.3 Å². The van der Waals surface area contributed by atoms with Gasteiger partial charge in [-0.1, -0.05) is 29.8 Å². The predicted octanol–water partition coefficient (Wildman–Crippen LogP) is 4.25. The number of hydrogen-bond acceptors (Lipinski definition) is 1. The van der Waals surface area contributed by atoms with Crippen molar-refractivity contribution >= 4 is 23.8 Å². The minimum Gasteiger partial charge on any atom is -0.273 e. The van der Waals surface area contributed by atoms with Gasteiger partial charge in [0.25, 0.3) is 0 Å². The fourth-order valence-electron chi connectivity index (χ4n) is 1.32. The van der Waals surface area contributed by atoms with Crippen molar-refractivity contribution in [1.29, 1.82) is 0 Å². The van der Waals surface area contributed by atoms with Crippen LogP contribution in [0.2, 0.25) is 5.02 Å². The molecule has 0 aliphatic rings. The largest absolute Gasteiger partial charge is 0.432 e. The molecule has 1 N–H and O–H groups in total. The molecule has 1 heterocycles. The summed E-state index contributed by atoms with van der Waals surface area (Å²) in [5.74, 6) is 0. The van der Waals surface area contributed by atoms with Gasteiger partial charge in [-0.3, -0.25) is 5.10 Å². The normalized spacial score (nSPS) is 12.2. The van der Waals surface area contributed by atoms with Gasteiger partial charge in [0.15, 0.2) is 0 Å². The Kier molecular flexibility index (Phi) is 3.43. The summed E-state index contributed by atoms with van der Waals surface area (Å²) in [6.45, 7) is 0. The standard InChI is InChI=1S/C12H8ClF3N2/c13-9-4-1-8(2-5-9)3-6-10-7-11(18-17-10)12(14,15)16/h1-7H,(H,17,18)/b6-3+. The maximum atomic E-state index is 12.3. The molecule has 1 aromatic heterocycles. The van der Waals surface area contributed by atoms with Crippen LogP contribution in [0.5, 0.6) is 0 Å². The van der Waals surface area contributed by atoms with Crippen LogP contribution in [0.1, 0.15) is 17.0 Å². The second-order valence-corrected chi connectivity index (χ2v) is 4.03. The number of nitrogens with one attached hydrogen (secondary N) is 1. The summed E-state index contributed by atoms with van der Waals surface area (Å²) >= 11 is 5.72. The lowest BCUT2D eigenvalue weighted by Crippen LogP contribution is -2.04. The number of aromatic nitrogens is 2. The molecule has 0 aliphatic carbocycles. The molecule has 0 atom stereocenters. The van der Waals surface area contributed by atoms with Crippen molar-refractivity contribution in [3.63, 3.8) is 0 Å². The van der Waals surface area contributed by atoms with E-state index in [1.807, 2.05) is 5.10 Å². The summed E-state index contributed by atoms with van der Waals surface area (Å²) in [6.07, 6.45) is -1.25. The van der Waals surface area contributed by atoms with E-state index >= 15 is 0 Å². The monoisotopic (exact) mass is 272 g/mol. The summed E-state index contributed by atoms with van der Waals surface area (Å²) in [5, 5.41) is 6.10. The van der Waals surface area contributed by atoms with Gasteiger partial charge < -0.3 is 0 Å². The van der Waals surface area contributed by atoms with Crippen LogP contribution < -0.4 is 0 Å². The van der Waals surface area contributed by atoms with Crippen LogP contribution in [-0.4, -0.2) is 10.2 Å². The van der Waals surface area contributed by atoms with Crippen molar-refractivity contribution in [1.82, 2.24) is 10.2 Å². The fraction of sp³-hybridized carbons (Fsp3) is 0.0833. The van der Waals surface area contributed by atoms with Crippen LogP contribution in [0, 0.1) is 0 Å². The summed E-state index contributed by atoms with van der Waals surface area (Å²) in [7, 11) is 0. The molecule has 0 fully saturated rings. The lowest BCUT2D eigenvalue weighted by molar-refractivity contribution is -0.141. The zero-order valence-electron chi connectivity index (χ0n) is 9.00. The molecule has 2 rings (SSSR count). The number of benzene rings is 1. The topological polar surface area (TPSA) is 28.7 Å². The van der Waals surface area contributed by atoms with Gasteiger partial charge in [0.05, 0.1) is 5.69 Å². The maximum Gasteiger partial charge on any atom is 0.432 e. The molecule has 0 saturated heterocycles. The molecule has 2 nitrogen and oxygen atoms in total. The first-order valence-corrected chi connectivity index (χ1v) is 5.39. The van der Waals surface area contributed by atoms with Gasteiger partial charge in [0.1, 0.15) is 5.69 Å². The Hall–Kier alpha value is -1.75. The third kappa shape index (κ3) is 3.13. The SMILES string of the molecule is FC(F)(F)c1cc(/C=C/c2ccc(Cl)cc2)n[nH]1. The molecule has 0 amide bonds. The summed E-state index contributed by atoms with van der Waals surface area (Å²) in [6, 6.07) is 7.87. The minimum atomic E-state index is -4.40. The van der Waals surface area contributed by atoms with E-state index in [2.05, 4.69) is 5.10 Å². The Morgan fingerprint density at radius 2 is 1.78 bits per heavy atom. The van der Waals surface area contributed by atoms with E-state index in [0.717, 1.165) is 11.6 Å². The molecule has 0 aliphatic heterocycles. The van der Waals surface area contributed by atoms with Crippen molar-refractivity contribution in [2.45, 2.75) is 6.18 Å². The molecule has 94 valence electrons. The Morgan fingerprint density at radius 3 is 2.33 bits per heavy atom. The molecular formula is C12H8ClF3N2. The average molecular weight is 273 g/mol. The number of H-pyrrole nitrogens is 1.